The Morgan fingerprint density at radius 3 is 2.49 bits per heavy atom. The number of pyridine rings is 1. The van der Waals surface area contributed by atoms with Gasteiger partial charge >= 0.3 is 0 Å². The van der Waals surface area contributed by atoms with Crippen molar-refractivity contribution in [1.29, 1.82) is 0 Å². The lowest BCUT2D eigenvalue weighted by Gasteiger charge is -2.26. The highest BCUT2D eigenvalue weighted by Crippen LogP contribution is 2.43. The number of rotatable bonds is 7. The van der Waals surface area contributed by atoms with Crippen molar-refractivity contribution in [3.8, 4) is 5.75 Å². The molecule has 2 aromatic carbocycles. The van der Waals surface area contributed by atoms with E-state index in [9.17, 15) is 0 Å². The van der Waals surface area contributed by atoms with Crippen molar-refractivity contribution >= 4 is 46.4 Å². The summed E-state index contributed by atoms with van der Waals surface area (Å²) in [7, 11) is 0. The summed E-state index contributed by atoms with van der Waals surface area (Å²) in [5.41, 5.74) is 1.84. The second-order valence-electron chi connectivity index (χ2n) is 8.37. The summed E-state index contributed by atoms with van der Waals surface area (Å²) in [6, 6.07) is 25.2. The Bertz CT molecular complexity index is 1290. The van der Waals surface area contributed by atoms with Gasteiger partial charge in [-0.3, -0.25) is 4.98 Å². The standard InChI is InChI=1S/C27H24ClN3O2S2/c1-17(2)32-20-10-8-19(9-11-20)31-26(25(30-27(31)34)22-5-3-4-16-29-22)23-14-15-24(33-23)35-21-12-6-18(28)7-13-21/h3-17,25-26H,1-2H3,(H,30,34)/t25-,26+/m0/s1. The van der Waals surface area contributed by atoms with E-state index in [1.54, 1.807) is 18.0 Å². The average molecular weight is 522 g/mol. The van der Waals surface area contributed by atoms with Crippen LogP contribution in [0.5, 0.6) is 5.75 Å². The number of anilines is 1. The second-order valence-corrected chi connectivity index (χ2v) is 10.3. The number of hydrogen-bond acceptors (Lipinski definition) is 5. The van der Waals surface area contributed by atoms with Gasteiger partial charge < -0.3 is 19.4 Å². The third kappa shape index (κ3) is 5.32. The molecule has 3 heterocycles. The molecule has 2 aromatic heterocycles. The van der Waals surface area contributed by atoms with Crippen LogP contribution in [0.25, 0.3) is 0 Å². The zero-order valence-corrected chi connectivity index (χ0v) is 21.6. The summed E-state index contributed by atoms with van der Waals surface area (Å²) in [4.78, 5) is 7.74. The second kappa shape index (κ2) is 10.3. The first-order chi connectivity index (χ1) is 17.0. The highest BCUT2D eigenvalue weighted by molar-refractivity contribution is 7.99. The van der Waals surface area contributed by atoms with Crippen molar-refractivity contribution in [2.45, 2.75) is 42.0 Å². The van der Waals surface area contributed by atoms with Gasteiger partial charge in [0.1, 0.15) is 17.6 Å². The fourth-order valence-electron chi connectivity index (χ4n) is 4.05. The molecule has 178 valence electrons. The Labute approximate surface area is 219 Å². The van der Waals surface area contributed by atoms with E-state index >= 15 is 0 Å². The first-order valence-corrected chi connectivity index (χ1v) is 12.9. The van der Waals surface area contributed by atoms with Gasteiger partial charge in [0.25, 0.3) is 0 Å². The van der Waals surface area contributed by atoms with Crippen LogP contribution < -0.4 is 15.0 Å². The van der Waals surface area contributed by atoms with E-state index in [2.05, 4.69) is 15.2 Å². The highest BCUT2D eigenvalue weighted by Gasteiger charge is 2.42. The van der Waals surface area contributed by atoms with Gasteiger partial charge in [0.05, 0.1) is 17.8 Å². The van der Waals surface area contributed by atoms with Crippen LogP contribution in [-0.2, 0) is 0 Å². The number of thiocarbonyl (C=S) groups is 1. The van der Waals surface area contributed by atoms with E-state index in [4.69, 9.17) is 33.0 Å². The number of ether oxygens (including phenoxy) is 1. The molecule has 2 atom stereocenters. The maximum Gasteiger partial charge on any atom is 0.174 e. The maximum atomic E-state index is 6.37. The fourth-order valence-corrected chi connectivity index (χ4v) is 5.30. The quantitative estimate of drug-likeness (QED) is 0.253. The summed E-state index contributed by atoms with van der Waals surface area (Å²) >= 11 is 13.4. The molecular weight excluding hydrogens is 498 g/mol. The smallest absolute Gasteiger partial charge is 0.174 e. The first-order valence-electron chi connectivity index (χ1n) is 11.3. The molecule has 1 N–H and O–H groups in total. The van der Waals surface area contributed by atoms with Crippen LogP contribution in [0.15, 0.2) is 99.5 Å². The van der Waals surface area contributed by atoms with Crippen molar-refractivity contribution in [3.05, 3.63) is 102 Å². The molecule has 1 saturated heterocycles. The van der Waals surface area contributed by atoms with Crippen LogP contribution >= 0.6 is 35.6 Å². The van der Waals surface area contributed by atoms with E-state index in [0.717, 1.165) is 32.9 Å². The van der Waals surface area contributed by atoms with E-state index in [-0.39, 0.29) is 18.2 Å². The number of halogens is 1. The Morgan fingerprint density at radius 2 is 1.80 bits per heavy atom. The molecule has 1 fully saturated rings. The Balaban J connectivity index is 1.49. The molecular formula is C27H24ClN3O2S2. The average Bonchev–Trinajstić information content (AvgIpc) is 3.45. The molecule has 5 rings (SSSR count). The largest absolute Gasteiger partial charge is 0.491 e. The topological polar surface area (TPSA) is 50.5 Å². The number of furan rings is 1. The molecule has 1 aliphatic heterocycles. The molecule has 0 amide bonds. The van der Waals surface area contributed by atoms with E-state index in [1.165, 1.54) is 0 Å². The molecule has 1 aliphatic rings. The lowest BCUT2D eigenvalue weighted by molar-refractivity contribution is 0.242. The number of nitrogens with zero attached hydrogens (tertiary/aromatic N) is 2. The number of hydrogen-bond donors (Lipinski definition) is 1. The zero-order valence-electron chi connectivity index (χ0n) is 19.2. The minimum absolute atomic E-state index is 0.108. The summed E-state index contributed by atoms with van der Waals surface area (Å²) in [6.45, 7) is 4.02. The normalized spacial score (nSPS) is 17.6. The summed E-state index contributed by atoms with van der Waals surface area (Å²) in [5, 5.41) is 5.58. The fraction of sp³-hybridized carbons (Fsp3) is 0.185. The number of aromatic nitrogens is 1. The van der Waals surface area contributed by atoms with Gasteiger partial charge in [0.2, 0.25) is 0 Å². The van der Waals surface area contributed by atoms with Gasteiger partial charge in [-0.2, -0.15) is 0 Å². The van der Waals surface area contributed by atoms with Gasteiger partial charge in [0, 0.05) is 21.8 Å². The van der Waals surface area contributed by atoms with Crippen molar-refractivity contribution in [2.75, 3.05) is 4.90 Å². The molecule has 35 heavy (non-hydrogen) atoms. The van der Waals surface area contributed by atoms with Gasteiger partial charge in [-0.25, -0.2) is 0 Å². The van der Waals surface area contributed by atoms with Crippen molar-refractivity contribution in [3.63, 3.8) is 0 Å². The predicted octanol–water partition coefficient (Wildman–Crippen LogP) is 7.44. The predicted molar refractivity (Wildman–Crippen MR) is 144 cm³/mol. The molecule has 0 unspecified atom stereocenters. The molecule has 0 aliphatic carbocycles. The minimum atomic E-state index is -0.214. The molecule has 5 nitrogen and oxygen atoms in total. The highest BCUT2D eigenvalue weighted by atomic mass is 35.5. The van der Waals surface area contributed by atoms with Crippen LogP contribution in [0.2, 0.25) is 5.02 Å². The number of nitrogens with one attached hydrogen (secondary N) is 1. The molecule has 0 spiro atoms. The van der Waals surface area contributed by atoms with E-state index in [1.807, 2.05) is 92.7 Å². The van der Waals surface area contributed by atoms with Crippen LogP contribution in [-0.4, -0.2) is 16.2 Å². The Hall–Kier alpha value is -3.00. The molecule has 0 saturated carbocycles. The monoisotopic (exact) mass is 521 g/mol. The summed E-state index contributed by atoms with van der Waals surface area (Å²) in [5.74, 6) is 1.62. The van der Waals surface area contributed by atoms with Gasteiger partial charge in [0.15, 0.2) is 10.2 Å². The lowest BCUT2D eigenvalue weighted by Crippen LogP contribution is -2.29. The van der Waals surface area contributed by atoms with E-state index < -0.39 is 0 Å². The molecule has 0 bridgehead atoms. The Kier molecular flexibility index (Phi) is 7.00. The first kappa shape index (κ1) is 23.7. The van der Waals surface area contributed by atoms with Crippen LogP contribution in [0.4, 0.5) is 5.69 Å². The molecule has 4 aromatic rings. The van der Waals surface area contributed by atoms with Gasteiger partial charge in [-0.15, -0.1) is 0 Å². The van der Waals surface area contributed by atoms with Gasteiger partial charge in [-0.05, 0) is 98.9 Å². The molecule has 8 heteroatoms. The Morgan fingerprint density at radius 1 is 1.03 bits per heavy atom. The van der Waals surface area contributed by atoms with E-state index in [0.29, 0.717) is 10.1 Å². The lowest BCUT2D eigenvalue weighted by atomic mass is 10.0. The van der Waals surface area contributed by atoms with Crippen LogP contribution in [0, 0.1) is 0 Å². The third-order valence-electron chi connectivity index (χ3n) is 5.51. The zero-order chi connectivity index (χ0) is 24.4. The minimum Gasteiger partial charge on any atom is -0.491 e. The maximum absolute atomic E-state index is 6.37. The SMILES string of the molecule is CC(C)Oc1ccc(N2C(=S)N[C@@H](c3ccccn3)[C@H]2c2ccc(Sc3ccc(Cl)cc3)o2)cc1. The van der Waals surface area contributed by atoms with Crippen LogP contribution in [0.3, 0.4) is 0 Å². The van der Waals surface area contributed by atoms with Crippen molar-refractivity contribution < 1.29 is 9.15 Å². The third-order valence-corrected chi connectivity index (χ3v) is 7.01. The summed E-state index contributed by atoms with van der Waals surface area (Å²) < 4.78 is 12.2. The summed E-state index contributed by atoms with van der Waals surface area (Å²) in [6.07, 6.45) is 1.90. The van der Waals surface area contributed by atoms with Crippen LogP contribution in [0.1, 0.15) is 37.4 Å². The van der Waals surface area contributed by atoms with Crippen molar-refractivity contribution in [1.82, 2.24) is 10.3 Å². The number of benzene rings is 2. The van der Waals surface area contributed by atoms with Crippen molar-refractivity contribution in [2.24, 2.45) is 0 Å². The molecule has 0 radical (unpaired) electrons. The van der Waals surface area contributed by atoms with Gasteiger partial charge in [-0.1, -0.05) is 29.4 Å².